The second-order valence-electron chi connectivity index (χ2n) is 6.45. The van der Waals surface area contributed by atoms with Crippen molar-refractivity contribution < 1.29 is 17.9 Å². The zero-order valence-electron chi connectivity index (χ0n) is 12.3. The van der Waals surface area contributed by atoms with E-state index in [-0.39, 0.29) is 17.0 Å². The Morgan fingerprint density at radius 2 is 2.27 bits per heavy atom. The Hall–Kier alpha value is -1.18. The molecular weight excluding hydrogens is 304 g/mol. The number of hydrogen-bond donors (Lipinski definition) is 0. The van der Waals surface area contributed by atoms with E-state index in [1.807, 2.05) is 12.1 Å². The van der Waals surface area contributed by atoms with Gasteiger partial charge in [-0.2, -0.15) is 4.31 Å². The highest BCUT2D eigenvalue weighted by atomic mass is 32.2. The first-order valence-electron chi connectivity index (χ1n) is 7.77. The lowest BCUT2D eigenvalue weighted by atomic mass is 9.98. The number of aromatic nitrogens is 1. The quantitative estimate of drug-likeness (QED) is 0.832. The third kappa shape index (κ3) is 2.61. The van der Waals surface area contributed by atoms with E-state index in [1.54, 1.807) is 16.7 Å². The van der Waals surface area contributed by atoms with Crippen LogP contribution in [-0.2, 0) is 14.8 Å². The summed E-state index contributed by atoms with van der Waals surface area (Å²) in [6.07, 6.45) is 6.46. The monoisotopic (exact) mass is 324 g/mol. The second kappa shape index (κ2) is 5.18. The molecule has 6 nitrogen and oxygen atoms in total. The topological polar surface area (TPSA) is 68.7 Å². The van der Waals surface area contributed by atoms with E-state index in [0.29, 0.717) is 19.7 Å². The van der Waals surface area contributed by atoms with Crippen LogP contribution < -0.4 is 4.74 Å². The van der Waals surface area contributed by atoms with E-state index in [1.165, 1.54) is 0 Å². The van der Waals surface area contributed by atoms with Gasteiger partial charge in [0.1, 0.15) is 11.9 Å². The molecule has 0 N–H and O–H groups in total. The van der Waals surface area contributed by atoms with Gasteiger partial charge in [0, 0.05) is 25.7 Å². The summed E-state index contributed by atoms with van der Waals surface area (Å²) in [5.74, 6) is 0.730. The Morgan fingerprint density at radius 1 is 1.41 bits per heavy atom. The van der Waals surface area contributed by atoms with Crippen LogP contribution in [0.4, 0.5) is 0 Å². The van der Waals surface area contributed by atoms with E-state index in [2.05, 4.69) is 4.98 Å². The maximum absolute atomic E-state index is 12.3. The van der Waals surface area contributed by atoms with Crippen molar-refractivity contribution >= 4 is 10.0 Å². The maximum atomic E-state index is 12.3. The van der Waals surface area contributed by atoms with Gasteiger partial charge in [-0.15, -0.1) is 0 Å². The predicted molar refractivity (Wildman–Crippen MR) is 80.1 cm³/mol. The summed E-state index contributed by atoms with van der Waals surface area (Å²) in [5.41, 5.74) is -0.366. The van der Waals surface area contributed by atoms with Gasteiger partial charge in [-0.05, 0) is 31.4 Å². The van der Waals surface area contributed by atoms with Gasteiger partial charge in [0.05, 0.1) is 23.7 Å². The minimum absolute atomic E-state index is 0.0345. The number of pyridine rings is 1. The van der Waals surface area contributed by atoms with Crippen molar-refractivity contribution in [2.45, 2.75) is 42.6 Å². The lowest BCUT2D eigenvalue weighted by molar-refractivity contribution is 0.0143. The molecule has 2 atom stereocenters. The second-order valence-corrected chi connectivity index (χ2v) is 8.67. The largest absolute Gasteiger partial charge is 0.486 e. The van der Waals surface area contributed by atoms with Crippen molar-refractivity contribution in [3.63, 3.8) is 0 Å². The maximum Gasteiger partial charge on any atom is 0.217 e. The molecule has 1 saturated carbocycles. The lowest BCUT2D eigenvalue weighted by Gasteiger charge is -2.23. The zero-order chi connectivity index (χ0) is 15.2. The average Bonchev–Trinajstić information content (AvgIpc) is 3.20. The molecule has 1 aromatic rings. The normalized spacial score (nSPS) is 32.6. The zero-order valence-corrected chi connectivity index (χ0v) is 13.2. The molecule has 22 heavy (non-hydrogen) atoms. The molecule has 0 radical (unpaired) electrons. The van der Waals surface area contributed by atoms with Gasteiger partial charge >= 0.3 is 0 Å². The van der Waals surface area contributed by atoms with Crippen molar-refractivity contribution in [1.82, 2.24) is 9.29 Å². The molecule has 4 rings (SSSR count). The third-order valence-electron chi connectivity index (χ3n) is 4.70. The Bertz CT molecular complexity index is 647. The van der Waals surface area contributed by atoms with Crippen LogP contribution in [0.1, 0.15) is 25.7 Å². The van der Waals surface area contributed by atoms with Crippen LogP contribution >= 0.6 is 0 Å². The fraction of sp³-hybridized carbons (Fsp3) is 0.667. The fourth-order valence-corrected chi connectivity index (χ4v) is 5.29. The van der Waals surface area contributed by atoms with E-state index in [0.717, 1.165) is 31.4 Å². The first-order chi connectivity index (χ1) is 10.6. The molecule has 120 valence electrons. The van der Waals surface area contributed by atoms with Crippen LogP contribution in [-0.4, -0.2) is 54.4 Å². The molecule has 3 heterocycles. The molecule has 0 aromatic carbocycles. The molecule has 1 aromatic heterocycles. The summed E-state index contributed by atoms with van der Waals surface area (Å²) < 4.78 is 38.1. The highest BCUT2D eigenvalue weighted by molar-refractivity contribution is 7.90. The van der Waals surface area contributed by atoms with Gasteiger partial charge in [-0.25, -0.2) is 8.42 Å². The first kappa shape index (κ1) is 14.4. The van der Waals surface area contributed by atoms with E-state index >= 15 is 0 Å². The minimum atomic E-state index is -3.10. The van der Waals surface area contributed by atoms with Crippen LogP contribution in [0.3, 0.4) is 0 Å². The Balaban J connectivity index is 1.40. The van der Waals surface area contributed by atoms with Crippen LogP contribution in [0.5, 0.6) is 5.75 Å². The smallest absolute Gasteiger partial charge is 0.217 e. The number of hydrogen-bond acceptors (Lipinski definition) is 5. The van der Waals surface area contributed by atoms with Crippen LogP contribution in [0.25, 0.3) is 0 Å². The summed E-state index contributed by atoms with van der Waals surface area (Å²) in [5, 5.41) is -0.147. The predicted octanol–water partition coefficient (Wildman–Crippen LogP) is 1.19. The fourth-order valence-electron chi connectivity index (χ4n) is 3.37. The summed E-state index contributed by atoms with van der Waals surface area (Å²) in [4.78, 5) is 4.03. The van der Waals surface area contributed by atoms with Crippen molar-refractivity contribution in [2.75, 3.05) is 19.7 Å². The highest BCUT2D eigenvalue weighted by Gasteiger charge is 2.51. The molecule has 2 aliphatic heterocycles. The molecule has 3 fully saturated rings. The summed E-state index contributed by atoms with van der Waals surface area (Å²) in [7, 11) is -3.10. The van der Waals surface area contributed by atoms with Crippen LogP contribution in [0, 0.1) is 0 Å². The molecule has 2 saturated heterocycles. The molecule has 0 unspecified atom stereocenters. The number of sulfonamides is 1. The van der Waals surface area contributed by atoms with Gasteiger partial charge in [0.15, 0.2) is 0 Å². The Labute approximate surface area is 130 Å². The minimum Gasteiger partial charge on any atom is -0.486 e. The molecule has 0 amide bonds. The summed E-state index contributed by atoms with van der Waals surface area (Å²) in [6.45, 7) is 1.55. The van der Waals surface area contributed by atoms with Crippen molar-refractivity contribution in [3.8, 4) is 5.75 Å². The number of ether oxygens (including phenoxy) is 2. The molecule has 1 spiro atoms. The number of nitrogens with zero attached hydrogens (tertiary/aromatic N) is 2. The standard InChI is InChI=1S/C15H20N2O4S/c18-22(19,14-3-4-14)17-7-5-15(11-17)8-13(10-20-15)21-12-2-1-6-16-9-12/h1-2,6,9,13-14H,3-5,7-8,10-11H2/t13-,15-/m1/s1. The Kier molecular flexibility index (Phi) is 3.39. The third-order valence-corrected chi connectivity index (χ3v) is 7.04. The summed E-state index contributed by atoms with van der Waals surface area (Å²) in [6, 6.07) is 3.71. The van der Waals surface area contributed by atoms with Crippen molar-refractivity contribution in [3.05, 3.63) is 24.5 Å². The van der Waals surface area contributed by atoms with Crippen LogP contribution in [0.2, 0.25) is 0 Å². The van der Waals surface area contributed by atoms with Gasteiger partial charge in [0.2, 0.25) is 10.0 Å². The van der Waals surface area contributed by atoms with E-state index in [9.17, 15) is 8.42 Å². The van der Waals surface area contributed by atoms with E-state index < -0.39 is 10.0 Å². The van der Waals surface area contributed by atoms with E-state index in [4.69, 9.17) is 9.47 Å². The molecular formula is C15H20N2O4S. The van der Waals surface area contributed by atoms with Gasteiger partial charge in [-0.1, -0.05) is 0 Å². The van der Waals surface area contributed by atoms with Gasteiger partial charge in [0.25, 0.3) is 0 Å². The Morgan fingerprint density at radius 3 is 3.00 bits per heavy atom. The first-order valence-corrected chi connectivity index (χ1v) is 9.27. The van der Waals surface area contributed by atoms with Gasteiger partial charge in [-0.3, -0.25) is 4.98 Å². The average molecular weight is 324 g/mol. The highest BCUT2D eigenvalue weighted by Crippen LogP contribution is 2.40. The van der Waals surface area contributed by atoms with Crippen molar-refractivity contribution in [2.24, 2.45) is 0 Å². The molecule has 1 aliphatic carbocycles. The van der Waals surface area contributed by atoms with Crippen molar-refractivity contribution in [1.29, 1.82) is 0 Å². The summed E-state index contributed by atoms with van der Waals surface area (Å²) >= 11 is 0. The molecule has 7 heteroatoms. The lowest BCUT2D eigenvalue weighted by Crippen LogP contribution is -2.37. The molecule has 0 bridgehead atoms. The molecule has 3 aliphatic rings. The van der Waals surface area contributed by atoms with Crippen LogP contribution in [0.15, 0.2) is 24.5 Å². The van der Waals surface area contributed by atoms with Gasteiger partial charge < -0.3 is 9.47 Å². The SMILES string of the molecule is O=S(=O)(C1CC1)N1CC[C@@]2(C[C@@H](Oc3cccnc3)CO2)C1. The number of rotatable bonds is 4.